The molecule has 22 heavy (non-hydrogen) atoms. The Morgan fingerprint density at radius 1 is 1.41 bits per heavy atom. The molecule has 0 aromatic heterocycles. The van der Waals surface area contributed by atoms with Crippen LogP contribution in [-0.4, -0.2) is 37.0 Å². The summed E-state index contributed by atoms with van der Waals surface area (Å²) in [6.07, 6.45) is 3.13. The standard InChI is InChI=1S/C17H22FN3O/c18-16-6-4-14(5-7-16)8-10-20-17(22)15-3-1-11-21(13-15)12-2-9-19/h4-7,15H,1-3,8,10-13H2,(H,20,22). The van der Waals surface area contributed by atoms with Crippen molar-refractivity contribution >= 4 is 5.91 Å². The highest BCUT2D eigenvalue weighted by Gasteiger charge is 2.25. The number of nitriles is 1. The van der Waals surface area contributed by atoms with Gasteiger partial charge in [0.2, 0.25) is 5.91 Å². The molecule has 1 aliphatic rings. The van der Waals surface area contributed by atoms with Crippen molar-refractivity contribution in [2.24, 2.45) is 5.92 Å². The average molecular weight is 303 g/mol. The second kappa shape index (κ2) is 8.50. The lowest BCUT2D eigenvalue weighted by molar-refractivity contribution is -0.126. The Morgan fingerprint density at radius 3 is 2.91 bits per heavy atom. The van der Waals surface area contributed by atoms with Gasteiger partial charge in [-0.25, -0.2) is 4.39 Å². The first-order chi connectivity index (χ1) is 10.7. The molecule has 1 saturated heterocycles. The minimum absolute atomic E-state index is 0.0145. The van der Waals surface area contributed by atoms with Crippen molar-refractivity contribution < 1.29 is 9.18 Å². The third kappa shape index (κ3) is 5.12. The summed E-state index contributed by atoms with van der Waals surface area (Å²) in [6.45, 7) is 3.03. The molecule has 0 bridgehead atoms. The van der Waals surface area contributed by atoms with Gasteiger partial charge in [0.05, 0.1) is 12.0 Å². The summed E-state index contributed by atoms with van der Waals surface area (Å²) >= 11 is 0. The summed E-state index contributed by atoms with van der Waals surface area (Å²) in [5, 5.41) is 11.6. The molecule has 1 aromatic carbocycles. The lowest BCUT2D eigenvalue weighted by Gasteiger charge is -2.31. The normalized spacial score (nSPS) is 18.6. The molecule has 1 atom stereocenters. The lowest BCUT2D eigenvalue weighted by Crippen LogP contribution is -2.43. The Balaban J connectivity index is 1.72. The van der Waals surface area contributed by atoms with E-state index in [1.165, 1.54) is 12.1 Å². The third-order valence-electron chi connectivity index (χ3n) is 4.04. The van der Waals surface area contributed by atoms with Crippen LogP contribution in [0.1, 0.15) is 24.8 Å². The van der Waals surface area contributed by atoms with Crippen molar-refractivity contribution in [3.05, 3.63) is 35.6 Å². The van der Waals surface area contributed by atoms with Crippen LogP contribution < -0.4 is 5.32 Å². The number of likely N-dealkylation sites (tertiary alicyclic amines) is 1. The van der Waals surface area contributed by atoms with Gasteiger partial charge in [0, 0.05) is 26.1 Å². The van der Waals surface area contributed by atoms with Crippen molar-refractivity contribution in [2.45, 2.75) is 25.7 Å². The van der Waals surface area contributed by atoms with Crippen LogP contribution in [0.3, 0.4) is 0 Å². The van der Waals surface area contributed by atoms with E-state index in [0.29, 0.717) is 19.4 Å². The molecule has 5 heteroatoms. The van der Waals surface area contributed by atoms with Crippen LogP contribution in [0.5, 0.6) is 0 Å². The predicted molar refractivity (Wildman–Crippen MR) is 82.5 cm³/mol. The fraction of sp³-hybridized carbons (Fsp3) is 0.529. The first-order valence-electron chi connectivity index (χ1n) is 7.80. The maximum atomic E-state index is 12.8. The fourth-order valence-electron chi connectivity index (χ4n) is 2.81. The molecule has 0 aliphatic carbocycles. The second-order valence-electron chi connectivity index (χ2n) is 5.72. The predicted octanol–water partition coefficient (Wildman–Crippen LogP) is 2.11. The molecular formula is C17H22FN3O. The summed E-state index contributed by atoms with van der Waals surface area (Å²) < 4.78 is 12.8. The Labute approximate surface area is 130 Å². The van der Waals surface area contributed by atoms with Gasteiger partial charge in [0.25, 0.3) is 0 Å². The van der Waals surface area contributed by atoms with Crippen molar-refractivity contribution in [3.8, 4) is 6.07 Å². The number of amides is 1. The summed E-state index contributed by atoms with van der Waals surface area (Å²) in [5.41, 5.74) is 1.01. The van der Waals surface area contributed by atoms with Crippen LogP contribution in [0.25, 0.3) is 0 Å². The molecule has 1 fully saturated rings. The SMILES string of the molecule is N#CCCN1CCCC(C(=O)NCCc2ccc(F)cc2)C1. The van der Waals surface area contributed by atoms with Crippen LogP contribution >= 0.6 is 0 Å². The van der Waals surface area contributed by atoms with Gasteiger partial charge >= 0.3 is 0 Å². The molecule has 4 nitrogen and oxygen atoms in total. The van der Waals surface area contributed by atoms with Crippen LogP contribution in [0, 0.1) is 23.1 Å². The fourth-order valence-corrected chi connectivity index (χ4v) is 2.81. The topological polar surface area (TPSA) is 56.1 Å². The van der Waals surface area contributed by atoms with Crippen LogP contribution in [-0.2, 0) is 11.2 Å². The molecular weight excluding hydrogens is 281 g/mol. The molecule has 2 rings (SSSR count). The van der Waals surface area contributed by atoms with Gasteiger partial charge in [-0.3, -0.25) is 4.79 Å². The van der Waals surface area contributed by atoms with Gasteiger partial charge in [-0.2, -0.15) is 5.26 Å². The lowest BCUT2D eigenvalue weighted by atomic mass is 9.97. The second-order valence-corrected chi connectivity index (χ2v) is 5.72. The summed E-state index contributed by atoms with van der Waals surface area (Å²) in [5.74, 6) is -0.142. The van der Waals surface area contributed by atoms with Crippen molar-refractivity contribution in [2.75, 3.05) is 26.2 Å². The van der Waals surface area contributed by atoms with E-state index in [1.54, 1.807) is 12.1 Å². The van der Waals surface area contributed by atoms with Gasteiger partial charge in [-0.1, -0.05) is 12.1 Å². The first-order valence-corrected chi connectivity index (χ1v) is 7.80. The molecule has 1 unspecified atom stereocenters. The zero-order valence-corrected chi connectivity index (χ0v) is 12.7. The number of nitrogens with one attached hydrogen (secondary N) is 1. The van der Waals surface area contributed by atoms with Gasteiger partial charge in [-0.05, 0) is 43.5 Å². The quantitative estimate of drug-likeness (QED) is 0.875. The van der Waals surface area contributed by atoms with Crippen molar-refractivity contribution in [1.82, 2.24) is 10.2 Å². The number of hydrogen-bond acceptors (Lipinski definition) is 3. The zero-order valence-electron chi connectivity index (χ0n) is 12.7. The Kier molecular flexibility index (Phi) is 6.35. The highest BCUT2D eigenvalue weighted by atomic mass is 19.1. The molecule has 1 amide bonds. The van der Waals surface area contributed by atoms with Crippen LogP contribution in [0.15, 0.2) is 24.3 Å². The Bertz CT molecular complexity index is 524. The summed E-state index contributed by atoms with van der Waals surface area (Å²) in [7, 11) is 0. The number of carbonyl (C=O) groups is 1. The maximum absolute atomic E-state index is 12.8. The van der Waals surface area contributed by atoms with Gasteiger partial charge < -0.3 is 10.2 Å². The van der Waals surface area contributed by atoms with Gasteiger partial charge in [0.1, 0.15) is 5.82 Å². The first kappa shape index (κ1) is 16.4. The number of halogens is 1. The molecule has 0 saturated carbocycles. The molecule has 1 aliphatic heterocycles. The number of hydrogen-bond donors (Lipinski definition) is 1. The number of rotatable bonds is 6. The Morgan fingerprint density at radius 2 is 2.18 bits per heavy atom. The number of benzene rings is 1. The largest absolute Gasteiger partial charge is 0.355 e. The van der Waals surface area contributed by atoms with Crippen molar-refractivity contribution in [1.29, 1.82) is 5.26 Å². The van der Waals surface area contributed by atoms with E-state index < -0.39 is 0 Å². The zero-order chi connectivity index (χ0) is 15.8. The number of carbonyl (C=O) groups excluding carboxylic acids is 1. The van der Waals surface area contributed by atoms with E-state index in [1.807, 2.05) is 0 Å². The minimum Gasteiger partial charge on any atom is -0.355 e. The molecule has 1 heterocycles. The van der Waals surface area contributed by atoms with E-state index in [2.05, 4.69) is 16.3 Å². The van der Waals surface area contributed by atoms with E-state index in [4.69, 9.17) is 5.26 Å². The molecule has 0 radical (unpaired) electrons. The van der Waals surface area contributed by atoms with Crippen LogP contribution in [0.2, 0.25) is 0 Å². The smallest absolute Gasteiger partial charge is 0.224 e. The minimum atomic E-state index is -0.243. The Hall–Kier alpha value is -1.93. The molecule has 1 aromatic rings. The molecule has 0 spiro atoms. The molecule has 118 valence electrons. The van der Waals surface area contributed by atoms with Crippen LogP contribution in [0.4, 0.5) is 4.39 Å². The molecule has 1 N–H and O–H groups in total. The van der Waals surface area contributed by atoms with E-state index in [9.17, 15) is 9.18 Å². The monoisotopic (exact) mass is 303 g/mol. The van der Waals surface area contributed by atoms with Gasteiger partial charge in [0.15, 0.2) is 0 Å². The van der Waals surface area contributed by atoms with E-state index in [-0.39, 0.29) is 17.6 Å². The average Bonchev–Trinajstić information content (AvgIpc) is 2.55. The van der Waals surface area contributed by atoms with E-state index >= 15 is 0 Å². The third-order valence-corrected chi connectivity index (χ3v) is 4.04. The highest BCUT2D eigenvalue weighted by molar-refractivity contribution is 5.78. The summed E-state index contributed by atoms with van der Waals surface area (Å²) in [6, 6.07) is 8.50. The maximum Gasteiger partial charge on any atom is 0.224 e. The van der Waals surface area contributed by atoms with E-state index in [0.717, 1.165) is 38.0 Å². The van der Waals surface area contributed by atoms with Crippen molar-refractivity contribution in [3.63, 3.8) is 0 Å². The highest BCUT2D eigenvalue weighted by Crippen LogP contribution is 2.16. The summed E-state index contributed by atoms with van der Waals surface area (Å²) in [4.78, 5) is 14.4. The van der Waals surface area contributed by atoms with Gasteiger partial charge in [-0.15, -0.1) is 0 Å². The number of piperidine rings is 1. The number of nitrogens with zero attached hydrogens (tertiary/aromatic N) is 2.